The number of aliphatic imine (C=N–C) groups is 1. The molecule has 2 aromatic rings. The number of nitrogens with one attached hydrogen (secondary N) is 2. The molecule has 0 amide bonds. The molecule has 24 heavy (non-hydrogen) atoms. The molecule has 130 valence electrons. The number of rotatable bonds is 7. The summed E-state index contributed by atoms with van der Waals surface area (Å²) in [6.45, 7) is 6.26. The number of hydrogen-bond acceptors (Lipinski definition) is 4. The highest BCUT2D eigenvalue weighted by Crippen LogP contribution is 2.13. The minimum atomic E-state index is 0.523. The fourth-order valence-electron chi connectivity index (χ4n) is 2.02. The fraction of sp³-hybridized carbons (Fsp3) is 0.471. The predicted molar refractivity (Wildman–Crippen MR) is 94.8 cm³/mol. The molecule has 1 aromatic heterocycles. The van der Waals surface area contributed by atoms with E-state index < -0.39 is 0 Å². The highest BCUT2D eigenvalue weighted by atomic mass is 16.5. The number of guanidine groups is 1. The van der Waals surface area contributed by atoms with E-state index in [-0.39, 0.29) is 0 Å². The van der Waals surface area contributed by atoms with Gasteiger partial charge in [0.2, 0.25) is 0 Å². The summed E-state index contributed by atoms with van der Waals surface area (Å²) in [4.78, 5) is 8.38. The Labute approximate surface area is 143 Å². The third kappa shape index (κ3) is 5.57. The van der Waals surface area contributed by atoms with Crippen molar-refractivity contribution in [3.8, 4) is 5.75 Å². The molecule has 0 saturated heterocycles. The van der Waals surface area contributed by atoms with Crippen LogP contribution in [0.2, 0.25) is 0 Å². The van der Waals surface area contributed by atoms with Gasteiger partial charge in [-0.15, -0.1) is 0 Å². The first kappa shape index (κ1) is 17.8. The van der Waals surface area contributed by atoms with Crippen molar-refractivity contribution in [3.05, 3.63) is 42.0 Å². The number of aryl methyl sites for hydroxylation is 1. The Morgan fingerprint density at radius 2 is 1.92 bits per heavy atom. The van der Waals surface area contributed by atoms with Gasteiger partial charge < -0.3 is 15.4 Å². The molecule has 0 atom stereocenters. The van der Waals surface area contributed by atoms with Crippen LogP contribution in [-0.4, -0.2) is 34.4 Å². The summed E-state index contributed by atoms with van der Waals surface area (Å²) in [7, 11) is 3.61. The van der Waals surface area contributed by atoms with Crippen molar-refractivity contribution in [1.82, 2.24) is 25.4 Å². The number of nitrogens with zero attached hydrogens (tertiary/aromatic N) is 4. The minimum absolute atomic E-state index is 0.523. The molecule has 0 aliphatic carbocycles. The van der Waals surface area contributed by atoms with Gasteiger partial charge in [-0.2, -0.15) is 5.10 Å². The van der Waals surface area contributed by atoms with E-state index in [1.165, 1.54) is 6.33 Å². The lowest BCUT2D eigenvalue weighted by atomic mass is 10.2. The molecule has 0 saturated carbocycles. The second-order valence-corrected chi connectivity index (χ2v) is 5.93. The number of hydrogen-bond donors (Lipinski definition) is 2. The SMILES string of the molecule is CN=C(NCc1ccc(OCC(C)C)cc1)NCc1ncnn1C. The highest BCUT2D eigenvalue weighted by molar-refractivity contribution is 5.79. The van der Waals surface area contributed by atoms with Gasteiger partial charge in [-0.25, -0.2) is 4.98 Å². The lowest BCUT2D eigenvalue weighted by Gasteiger charge is -2.12. The molecule has 0 unspecified atom stereocenters. The predicted octanol–water partition coefficient (Wildman–Crippen LogP) is 1.72. The quantitative estimate of drug-likeness (QED) is 0.597. The Hall–Kier alpha value is -2.57. The average Bonchev–Trinajstić information content (AvgIpc) is 2.99. The smallest absolute Gasteiger partial charge is 0.191 e. The van der Waals surface area contributed by atoms with Crippen molar-refractivity contribution >= 4 is 5.96 Å². The zero-order chi connectivity index (χ0) is 17.4. The molecular formula is C17H26N6O. The van der Waals surface area contributed by atoms with Gasteiger partial charge >= 0.3 is 0 Å². The van der Waals surface area contributed by atoms with E-state index in [1.807, 2.05) is 19.2 Å². The third-order valence-corrected chi connectivity index (χ3v) is 3.41. The Morgan fingerprint density at radius 3 is 2.50 bits per heavy atom. The standard InChI is InChI=1S/C17H26N6O/c1-13(2)11-24-15-7-5-14(6-8-15)9-19-17(18-3)20-10-16-21-12-22-23(16)4/h5-8,12-13H,9-11H2,1-4H3,(H2,18,19,20). The Balaban J connectivity index is 1.79. The normalized spacial score (nSPS) is 11.6. The van der Waals surface area contributed by atoms with Crippen molar-refractivity contribution in [3.63, 3.8) is 0 Å². The van der Waals surface area contributed by atoms with Crippen LogP contribution >= 0.6 is 0 Å². The highest BCUT2D eigenvalue weighted by Gasteiger charge is 2.03. The molecule has 7 nitrogen and oxygen atoms in total. The zero-order valence-corrected chi connectivity index (χ0v) is 14.8. The molecule has 0 fully saturated rings. The molecule has 2 N–H and O–H groups in total. The van der Waals surface area contributed by atoms with Gasteiger partial charge in [0.1, 0.15) is 17.9 Å². The monoisotopic (exact) mass is 330 g/mol. The van der Waals surface area contributed by atoms with Gasteiger partial charge in [0.05, 0.1) is 13.2 Å². The van der Waals surface area contributed by atoms with E-state index in [0.717, 1.165) is 29.7 Å². The summed E-state index contributed by atoms with van der Waals surface area (Å²) < 4.78 is 7.42. The summed E-state index contributed by atoms with van der Waals surface area (Å²) >= 11 is 0. The van der Waals surface area contributed by atoms with Crippen molar-refractivity contribution in [1.29, 1.82) is 0 Å². The maximum absolute atomic E-state index is 5.69. The number of benzene rings is 1. The van der Waals surface area contributed by atoms with Gasteiger partial charge in [0.15, 0.2) is 5.96 Å². The molecule has 0 aliphatic rings. The van der Waals surface area contributed by atoms with Crippen LogP contribution in [0.25, 0.3) is 0 Å². The van der Waals surface area contributed by atoms with E-state index in [4.69, 9.17) is 4.74 Å². The largest absolute Gasteiger partial charge is 0.493 e. The maximum Gasteiger partial charge on any atom is 0.191 e. The van der Waals surface area contributed by atoms with E-state index >= 15 is 0 Å². The first-order valence-electron chi connectivity index (χ1n) is 8.07. The third-order valence-electron chi connectivity index (χ3n) is 3.41. The fourth-order valence-corrected chi connectivity index (χ4v) is 2.02. The van der Waals surface area contributed by atoms with Crippen LogP contribution in [0.4, 0.5) is 0 Å². The molecule has 0 bridgehead atoms. The van der Waals surface area contributed by atoms with Gasteiger partial charge in [-0.3, -0.25) is 9.67 Å². The average molecular weight is 330 g/mol. The van der Waals surface area contributed by atoms with Crippen molar-refractivity contribution in [2.75, 3.05) is 13.7 Å². The molecule has 0 aliphatic heterocycles. The summed E-state index contributed by atoms with van der Waals surface area (Å²) in [5.74, 6) is 3.00. The second kappa shape index (κ2) is 8.90. The van der Waals surface area contributed by atoms with Gasteiger partial charge in [-0.1, -0.05) is 26.0 Å². The van der Waals surface area contributed by atoms with Gasteiger partial charge in [0, 0.05) is 20.6 Å². The molecule has 7 heteroatoms. The van der Waals surface area contributed by atoms with Crippen LogP contribution in [0.5, 0.6) is 5.75 Å². The molecular weight excluding hydrogens is 304 g/mol. The summed E-state index contributed by atoms with van der Waals surface area (Å²) in [5.41, 5.74) is 1.16. The summed E-state index contributed by atoms with van der Waals surface area (Å²) in [5, 5.41) is 10.5. The Morgan fingerprint density at radius 1 is 1.21 bits per heavy atom. The van der Waals surface area contributed by atoms with E-state index in [1.54, 1.807) is 11.7 Å². The van der Waals surface area contributed by atoms with Gasteiger partial charge in [0.25, 0.3) is 0 Å². The summed E-state index contributed by atoms with van der Waals surface area (Å²) in [6, 6.07) is 8.10. The van der Waals surface area contributed by atoms with Crippen molar-refractivity contribution in [2.45, 2.75) is 26.9 Å². The topological polar surface area (TPSA) is 76.4 Å². The zero-order valence-electron chi connectivity index (χ0n) is 14.8. The van der Waals surface area contributed by atoms with Crippen molar-refractivity contribution in [2.24, 2.45) is 18.0 Å². The van der Waals surface area contributed by atoms with Crippen LogP contribution in [0.15, 0.2) is 35.6 Å². The lowest BCUT2D eigenvalue weighted by Crippen LogP contribution is -2.36. The Kier molecular flexibility index (Phi) is 6.60. The molecule has 0 radical (unpaired) electrons. The number of aromatic nitrogens is 3. The Bertz CT molecular complexity index is 647. The van der Waals surface area contributed by atoms with Crippen molar-refractivity contribution < 1.29 is 4.74 Å². The lowest BCUT2D eigenvalue weighted by molar-refractivity contribution is 0.271. The molecule has 0 spiro atoms. The first-order valence-corrected chi connectivity index (χ1v) is 8.07. The molecule has 1 heterocycles. The van der Waals surface area contributed by atoms with Crippen LogP contribution in [-0.2, 0) is 20.1 Å². The van der Waals surface area contributed by atoms with Crippen LogP contribution < -0.4 is 15.4 Å². The van der Waals surface area contributed by atoms with Crippen LogP contribution in [0.3, 0.4) is 0 Å². The van der Waals surface area contributed by atoms with Crippen LogP contribution in [0, 0.1) is 5.92 Å². The van der Waals surface area contributed by atoms with E-state index in [2.05, 4.69) is 51.7 Å². The second-order valence-electron chi connectivity index (χ2n) is 5.93. The molecule has 2 rings (SSSR count). The van der Waals surface area contributed by atoms with Crippen LogP contribution in [0.1, 0.15) is 25.2 Å². The van der Waals surface area contributed by atoms with E-state index in [9.17, 15) is 0 Å². The molecule has 1 aromatic carbocycles. The van der Waals surface area contributed by atoms with E-state index in [0.29, 0.717) is 19.0 Å². The maximum atomic E-state index is 5.69. The number of ether oxygens (including phenoxy) is 1. The summed E-state index contributed by atoms with van der Waals surface area (Å²) in [6.07, 6.45) is 1.54. The van der Waals surface area contributed by atoms with Gasteiger partial charge in [-0.05, 0) is 23.6 Å². The minimum Gasteiger partial charge on any atom is -0.493 e. The first-order chi connectivity index (χ1) is 11.6.